The van der Waals surface area contributed by atoms with E-state index in [1.165, 1.54) is 17.7 Å². The van der Waals surface area contributed by atoms with Crippen LogP contribution in [0.1, 0.15) is 11.1 Å². The van der Waals surface area contributed by atoms with E-state index in [9.17, 15) is 4.39 Å². The van der Waals surface area contributed by atoms with Crippen molar-refractivity contribution in [1.82, 2.24) is 0 Å². The monoisotopic (exact) mass is 256 g/mol. The number of anilines is 2. The van der Waals surface area contributed by atoms with Crippen LogP contribution in [0.25, 0.3) is 5.70 Å². The zero-order valence-corrected chi connectivity index (χ0v) is 11.1. The van der Waals surface area contributed by atoms with Gasteiger partial charge in [0, 0.05) is 24.1 Å². The van der Waals surface area contributed by atoms with Gasteiger partial charge >= 0.3 is 0 Å². The standard InChI is InChI=1S/C16H17FN2/c1-11-4-5-13(10-16(11)18-3)12(2)19-15-8-6-14(17)7-9-15/h4-10,18-19H,2H2,1,3H3. The fourth-order valence-electron chi connectivity index (χ4n) is 1.86. The molecule has 2 rings (SSSR count). The van der Waals surface area contributed by atoms with Crippen LogP contribution < -0.4 is 10.6 Å². The van der Waals surface area contributed by atoms with E-state index in [1.807, 2.05) is 32.2 Å². The van der Waals surface area contributed by atoms with Crippen molar-refractivity contribution in [2.75, 3.05) is 17.7 Å². The highest BCUT2D eigenvalue weighted by molar-refractivity contribution is 5.77. The molecule has 0 aliphatic carbocycles. The van der Waals surface area contributed by atoms with Crippen LogP contribution in [-0.4, -0.2) is 7.05 Å². The van der Waals surface area contributed by atoms with Crippen LogP contribution in [0.4, 0.5) is 15.8 Å². The third-order valence-corrected chi connectivity index (χ3v) is 2.99. The number of hydrogen-bond donors (Lipinski definition) is 2. The molecule has 19 heavy (non-hydrogen) atoms. The molecule has 0 aromatic heterocycles. The van der Waals surface area contributed by atoms with E-state index < -0.39 is 0 Å². The van der Waals surface area contributed by atoms with Gasteiger partial charge in [-0.25, -0.2) is 4.39 Å². The Kier molecular flexibility index (Phi) is 3.85. The summed E-state index contributed by atoms with van der Waals surface area (Å²) >= 11 is 0. The Labute approximate surface area is 113 Å². The fourth-order valence-corrected chi connectivity index (χ4v) is 1.86. The lowest BCUT2D eigenvalue weighted by Crippen LogP contribution is -1.99. The van der Waals surface area contributed by atoms with Gasteiger partial charge in [-0.15, -0.1) is 0 Å². The molecule has 0 saturated carbocycles. The summed E-state index contributed by atoms with van der Waals surface area (Å²) in [4.78, 5) is 0. The first-order valence-corrected chi connectivity index (χ1v) is 6.10. The van der Waals surface area contributed by atoms with E-state index in [-0.39, 0.29) is 5.82 Å². The molecule has 0 aliphatic heterocycles. The maximum absolute atomic E-state index is 12.8. The van der Waals surface area contributed by atoms with Crippen molar-refractivity contribution in [3.63, 3.8) is 0 Å². The van der Waals surface area contributed by atoms with Crippen LogP contribution in [0.15, 0.2) is 49.0 Å². The lowest BCUT2D eigenvalue weighted by molar-refractivity contribution is 0.628. The minimum absolute atomic E-state index is 0.246. The van der Waals surface area contributed by atoms with Crippen molar-refractivity contribution in [2.45, 2.75) is 6.92 Å². The predicted octanol–water partition coefficient (Wildman–Crippen LogP) is 4.26. The van der Waals surface area contributed by atoms with Gasteiger partial charge in [-0.05, 0) is 48.4 Å². The van der Waals surface area contributed by atoms with Gasteiger partial charge in [0.25, 0.3) is 0 Å². The van der Waals surface area contributed by atoms with E-state index in [0.717, 1.165) is 22.6 Å². The average molecular weight is 256 g/mol. The third kappa shape index (κ3) is 3.13. The summed E-state index contributed by atoms with van der Waals surface area (Å²) < 4.78 is 12.8. The van der Waals surface area contributed by atoms with Crippen LogP contribution in [-0.2, 0) is 0 Å². The molecular weight excluding hydrogens is 239 g/mol. The quantitative estimate of drug-likeness (QED) is 0.854. The zero-order chi connectivity index (χ0) is 13.8. The molecule has 2 aromatic carbocycles. The average Bonchev–Trinajstić information content (AvgIpc) is 2.42. The van der Waals surface area contributed by atoms with E-state index in [4.69, 9.17) is 0 Å². The molecule has 98 valence electrons. The summed E-state index contributed by atoms with van der Waals surface area (Å²) in [5, 5.41) is 6.31. The van der Waals surface area contributed by atoms with Gasteiger partial charge in [0.15, 0.2) is 0 Å². The van der Waals surface area contributed by atoms with Gasteiger partial charge in [0.05, 0.1) is 0 Å². The van der Waals surface area contributed by atoms with Crippen LogP contribution >= 0.6 is 0 Å². The molecule has 0 bridgehead atoms. The van der Waals surface area contributed by atoms with Crippen molar-refractivity contribution in [3.05, 3.63) is 66.0 Å². The SMILES string of the molecule is C=C(Nc1ccc(F)cc1)c1ccc(C)c(NC)c1. The number of hydrogen-bond acceptors (Lipinski definition) is 2. The number of rotatable bonds is 4. The van der Waals surface area contributed by atoms with Gasteiger partial charge in [-0.2, -0.15) is 0 Å². The molecule has 0 spiro atoms. The second kappa shape index (κ2) is 5.57. The highest BCUT2D eigenvalue weighted by Crippen LogP contribution is 2.22. The minimum atomic E-state index is -0.246. The van der Waals surface area contributed by atoms with Gasteiger partial charge in [0.2, 0.25) is 0 Å². The number of aryl methyl sites for hydroxylation is 1. The Bertz CT molecular complexity index is 588. The van der Waals surface area contributed by atoms with Gasteiger partial charge in [0.1, 0.15) is 5.82 Å². The van der Waals surface area contributed by atoms with E-state index in [2.05, 4.69) is 17.2 Å². The molecule has 0 atom stereocenters. The number of halogens is 1. The van der Waals surface area contributed by atoms with Crippen LogP contribution in [0, 0.1) is 12.7 Å². The molecule has 2 N–H and O–H groups in total. The molecule has 0 heterocycles. The summed E-state index contributed by atoms with van der Waals surface area (Å²) in [6.07, 6.45) is 0. The second-order valence-electron chi connectivity index (χ2n) is 4.39. The molecule has 0 fully saturated rings. The first kappa shape index (κ1) is 13.1. The van der Waals surface area contributed by atoms with Crippen molar-refractivity contribution in [1.29, 1.82) is 0 Å². The Hall–Kier alpha value is -2.29. The fraction of sp³-hybridized carbons (Fsp3) is 0.125. The maximum Gasteiger partial charge on any atom is 0.123 e. The molecule has 0 saturated heterocycles. The molecule has 0 unspecified atom stereocenters. The normalized spacial score (nSPS) is 10.1. The van der Waals surface area contributed by atoms with Crippen LogP contribution in [0.3, 0.4) is 0 Å². The summed E-state index contributed by atoms with van der Waals surface area (Å²) in [7, 11) is 1.89. The van der Waals surface area contributed by atoms with Crippen LogP contribution in [0.5, 0.6) is 0 Å². The number of benzene rings is 2. The lowest BCUT2D eigenvalue weighted by Gasteiger charge is -2.12. The highest BCUT2D eigenvalue weighted by atomic mass is 19.1. The molecule has 2 aromatic rings. The van der Waals surface area contributed by atoms with E-state index in [0.29, 0.717) is 0 Å². The van der Waals surface area contributed by atoms with E-state index >= 15 is 0 Å². The first-order chi connectivity index (χ1) is 9.10. The smallest absolute Gasteiger partial charge is 0.123 e. The molecule has 0 radical (unpaired) electrons. The largest absolute Gasteiger partial charge is 0.388 e. The van der Waals surface area contributed by atoms with Crippen molar-refractivity contribution in [3.8, 4) is 0 Å². The molecule has 2 nitrogen and oxygen atoms in total. The summed E-state index contributed by atoms with van der Waals surface area (Å²) in [5.41, 5.74) is 4.85. The Morgan fingerprint density at radius 2 is 1.79 bits per heavy atom. The van der Waals surface area contributed by atoms with Crippen LogP contribution in [0.2, 0.25) is 0 Å². The number of nitrogens with one attached hydrogen (secondary N) is 2. The maximum atomic E-state index is 12.8. The summed E-state index contributed by atoms with van der Waals surface area (Å²) in [6.45, 7) is 6.06. The Balaban J connectivity index is 2.18. The van der Waals surface area contributed by atoms with Crippen molar-refractivity contribution < 1.29 is 4.39 Å². The Morgan fingerprint density at radius 1 is 1.11 bits per heavy atom. The Morgan fingerprint density at radius 3 is 2.42 bits per heavy atom. The predicted molar refractivity (Wildman–Crippen MR) is 79.8 cm³/mol. The van der Waals surface area contributed by atoms with Crippen molar-refractivity contribution >= 4 is 17.1 Å². The minimum Gasteiger partial charge on any atom is -0.388 e. The van der Waals surface area contributed by atoms with Gasteiger partial charge in [-0.1, -0.05) is 18.7 Å². The highest BCUT2D eigenvalue weighted by Gasteiger charge is 2.03. The van der Waals surface area contributed by atoms with Crippen molar-refractivity contribution in [2.24, 2.45) is 0 Å². The van der Waals surface area contributed by atoms with Gasteiger partial charge < -0.3 is 10.6 Å². The zero-order valence-electron chi connectivity index (χ0n) is 11.1. The second-order valence-corrected chi connectivity index (χ2v) is 4.39. The summed E-state index contributed by atoms with van der Waals surface area (Å²) in [6, 6.07) is 12.3. The lowest BCUT2D eigenvalue weighted by atomic mass is 10.1. The topological polar surface area (TPSA) is 24.1 Å². The third-order valence-electron chi connectivity index (χ3n) is 2.99. The molecular formula is C16H17FN2. The van der Waals surface area contributed by atoms with E-state index in [1.54, 1.807) is 12.1 Å². The molecule has 0 aliphatic rings. The summed E-state index contributed by atoms with van der Waals surface area (Å²) in [5.74, 6) is -0.246. The first-order valence-electron chi connectivity index (χ1n) is 6.10. The van der Waals surface area contributed by atoms with Gasteiger partial charge in [-0.3, -0.25) is 0 Å². The molecule has 0 amide bonds. The molecule has 3 heteroatoms.